The number of benzene rings is 1. The first-order valence-corrected chi connectivity index (χ1v) is 12.4. The van der Waals surface area contributed by atoms with Crippen LogP contribution in [0.1, 0.15) is 15.2 Å². The minimum absolute atomic E-state index is 0.0801. The number of halogens is 1. The van der Waals surface area contributed by atoms with Gasteiger partial charge in [0.15, 0.2) is 5.75 Å². The first-order valence-electron chi connectivity index (χ1n) is 9.66. The maximum absolute atomic E-state index is 14.7. The highest BCUT2D eigenvalue weighted by Crippen LogP contribution is 2.49. The Morgan fingerprint density at radius 1 is 1.31 bits per heavy atom. The number of sulfonamides is 1. The fourth-order valence-corrected chi connectivity index (χ4v) is 5.75. The van der Waals surface area contributed by atoms with Crippen LogP contribution >= 0.6 is 11.3 Å². The summed E-state index contributed by atoms with van der Waals surface area (Å²) in [6, 6.07) is 0.836. The van der Waals surface area contributed by atoms with Crippen molar-refractivity contribution < 1.29 is 32.0 Å². The second-order valence-electron chi connectivity index (χ2n) is 7.38. The number of methoxy groups -OCH3 is 1. The number of ether oxygens (including phenoxy) is 2. The summed E-state index contributed by atoms with van der Waals surface area (Å²) >= 11 is 1.09. The Kier molecular flexibility index (Phi) is 5.81. The van der Waals surface area contributed by atoms with Crippen LogP contribution in [0.25, 0.3) is 11.1 Å². The van der Waals surface area contributed by atoms with Crippen LogP contribution in [0.15, 0.2) is 11.4 Å². The lowest BCUT2D eigenvalue weighted by molar-refractivity contribution is -0.385. The molecule has 0 unspecified atom stereocenters. The molecule has 0 N–H and O–H groups in total. The fraction of sp³-hybridized carbons (Fsp3) is 0.421. The van der Waals surface area contributed by atoms with Crippen molar-refractivity contribution in [3.05, 3.63) is 37.8 Å². The number of amides is 1. The number of nitrogens with zero attached hydrogens (tertiary/aromatic N) is 3. The number of piperazine rings is 1. The molecule has 3 heterocycles. The maximum Gasteiger partial charge on any atom is 0.314 e. The smallest absolute Gasteiger partial charge is 0.314 e. The van der Waals surface area contributed by atoms with E-state index in [4.69, 9.17) is 9.47 Å². The van der Waals surface area contributed by atoms with Crippen LogP contribution in [-0.4, -0.2) is 74.6 Å². The summed E-state index contributed by atoms with van der Waals surface area (Å²) < 4.78 is 50.6. The topological polar surface area (TPSA) is 119 Å². The van der Waals surface area contributed by atoms with Crippen LogP contribution in [-0.2, 0) is 16.4 Å². The van der Waals surface area contributed by atoms with Crippen LogP contribution in [0.3, 0.4) is 0 Å². The largest absolute Gasteiger partial charge is 0.491 e. The molecule has 10 nitrogen and oxygen atoms in total. The third-order valence-corrected chi connectivity index (χ3v) is 7.77. The predicted molar refractivity (Wildman–Crippen MR) is 114 cm³/mol. The van der Waals surface area contributed by atoms with E-state index in [9.17, 15) is 27.7 Å². The van der Waals surface area contributed by atoms with E-state index in [1.54, 1.807) is 5.38 Å². The zero-order valence-electron chi connectivity index (χ0n) is 17.3. The minimum Gasteiger partial charge on any atom is -0.491 e. The van der Waals surface area contributed by atoms with Crippen molar-refractivity contribution in [2.75, 3.05) is 46.2 Å². The van der Waals surface area contributed by atoms with Crippen LogP contribution in [0.5, 0.6) is 11.5 Å². The van der Waals surface area contributed by atoms with Crippen LogP contribution in [0.4, 0.5) is 10.1 Å². The monoisotopic (exact) mass is 485 g/mol. The Bertz CT molecular complexity index is 1200. The molecule has 1 fully saturated rings. The van der Waals surface area contributed by atoms with Crippen molar-refractivity contribution in [2.24, 2.45) is 0 Å². The highest BCUT2D eigenvalue weighted by Gasteiger charge is 2.35. The quantitative estimate of drug-likeness (QED) is 0.481. The Hall–Kier alpha value is -2.77. The number of nitro groups is 1. The van der Waals surface area contributed by atoms with Crippen molar-refractivity contribution in [1.82, 2.24) is 9.21 Å². The summed E-state index contributed by atoms with van der Waals surface area (Å²) in [6.45, 7) is 0.897. The molecular weight excluding hydrogens is 465 g/mol. The van der Waals surface area contributed by atoms with Gasteiger partial charge >= 0.3 is 5.69 Å². The molecule has 1 aromatic heterocycles. The second kappa shape index (κ2) is 8.30. The second-order valence-corrected chi connectivity index (χ2v) is 10.2. The lowest BCUT2D eigenvalue weighted by atomic mass is 9.97. The predicted octanol–water partition coefficient (Wildman–Crippen LogP) is 2.12. The molecule has 1 aromatic carbocycles. The van der Waals surface area contributed by atoms with Gasteiger partial charge in [-0.2, -0.15) is 4.31 Å². The summed E-state index contributed by atoms with van der Waals surface area (Å²) in [5.41, 5.74) is 0.293. The molecule has 0 radical (unpaired) electrons. The van der Waals surface area contributed by atoms with Gasteiger partial charge in [0.1, 0.15) is 10.7 Å². The molecule has 172 valence electrons. The van der Waals surface area contributed by atoms with Gasteiger partial charge in [0.25, 0.3) is 5.91 Å². The average molecular weight is 486 g/mol. The number of thiophene rings is 1. The molecule has 13 heteroatoms. The summed E-state index contributed by atoms with van der Waals surface area (Å²) in [5.74, 6) is -0.933. The van der Waals surface area contributed by atoms with Crippen molar-refractivity contribution in [3.8, 4) is 22.6 Å². The standard InChI is InChI=1S/C19H20FN3O7S2/c1-29-17-14(23(25)26)9-13(20)11-3-8-30-16-12(15(11)17)10-31-18(16)19(24)21-4-6-22(7-5-21)32(2,27)28/h9-10H,3-8H2,1-2H3. The Morgan fingerprint density at radius 3 is 2.59 bits per heavy atom. The minimum atomic E-state index is -3.34. The molecule has 0 bridgehead atoms. The molecule has 1 amide bonds. The van der Waals surface area contributed by atoms with Crippen LogP contribution in [0.2, 0.25) is 0 Å². The molecule has 0 spiro atoms. The van der Waals surface area contributed by atoms with Gasteiger partial charge in [0.2, 0.25) is 15.8 Å². The Morgan fingerprint density at radius 2 is 2.00 bits per heavy atom. The van der Waals surface area contributed by atoms with Crippen molar-refractivity contribution in [2.45, 2.75) is 6.42 Å². The first kappa shape index (κ1) is 22.4. The molecule has 4 rings (SSSR count). The summed E-state index contributed by atoms with van der Waals surface area (Å²) in [4.78, 5) is 25.7. The van der Waals surface area contributed by atoms with Gasteiger partial charge < -0.3 is 14.4 Å². The molecule has 2 aliphatic rings. The number of carbonyl (C=O) groups excluding carboxylic acids is 1. The van der Waals surface area contributed by atoms with E-state index < -0.39 is 26.5 Å². The summed E-state index contributed by atoms with van der Waals surface area (Å²) in [5, 5.41) is 13.1. The average Bonchev–Trinajstić information content (AvgIpc) is 3.06. The molecule has 1 saturated heterocycles. The first-order chi connectivity index (χ1) is 15.1. The third kappa shape index (κ3) is 3.80. The van der Waals surface area contributed by atoms with Crippen LogP contribution in [0, 0.1) is 15.9 Å². The van der Waals surface area contributed by atoms with E-state index in [0.29, 0.717) is 5.56 Å². The van der Waals surface area contributed by atoms with E-state index in [0.717, 1.165) is 23.7 Å². The molecule has 0 aliphatic carbocycles. The number of carbonyl (C=O) groups is 1. The highest BCUT2D eigenvalue weighted by atomic mass is 32.2. The van der Waals surface area contributed by atoms with E-state index in [1.165, 1.54) is 16.3 Å². The van der Waals surface area contributed by atoms with Crippen molar-refractivity contribution in [3.63, 3.8) is 0 Å². The lowest BCUT2D eigenvalue weighted by Crippen LogP contribution is -2.50. The lowest BCUT2D eigenvalue weighted by Gasteiger charge is -2.33. The van der Waals surface area contributed by atoms with E-state index in [2.05, 4.69) is 0 Å². The molecule has 2 aromatic rings. The van der Waals surface area contributed by atoms with E-state index in [-0.39, 0.29) is 72.6 Å². The number of hydrogen-bond donors (Lipinski definition) is 0. The van der Waals surface area contributed by atoms with Gasteiger partial charge in [-0.05, 0) is 0 Å². The fourth-order valence-electron chi connectivity index (χ4n) is 3.96. The number of fused-ring (bicyclic) bond motifs is 3. The highest BCUT2D eigenvalue weighted by molar-refractivity contribution is 7.88. The third-order valence-electron chi connectivity index (χ3n) is 5.52. The molecular formula is C19H20FN3O7S2. The Balaban J connectivity index is 1.74. The van der Waals surface area contributed by atoms with E-state index >= 15 is 0 Å². The van der Waals surface area contributed by atoms with Gasteiger partial charge in [-0.1, -0.05) is 0 Å². The number of rotatable bonds is 4. The normalized spacial score (nSPS) is 16.5. The maximum atomic E-state index is 14.7. The summed E-state index contributed by atoms with van der Waals surface area (Å²) in [7, 11) is -2.07. The molecule has 0 atom stereocenters. The number of nitro benzene ring substituents is 1. The summed E-state index contributed by atoms with van der Waals surface area (Å²) in [6.07, 6.45) is 1.27. The van der Waals surface area contributed by atoms with E-state index in [1.807, 2.05) is 0 Å². The molecule has 0 saturated carbocycles. The molecule has 2 aliphatic heterocycles. The van der Waals surface area contributed by atoms with Crippen molar-refractivity contribution >= 4 is 33.0 Å². The number of hydrogen-bond acceptors (Lipinski definition) is 8. The van der Waals surface area contributed by atoms with Crippen molar-refractivity contribution in [1.29, 1.82) is 0 Å². The zero-order chi connectivity index (χ0) is 23.2. The Labute approximate surface area is 187 Å². The van der Waals surface area contributed by atoms with Gasteiger partial charge in [-0.15, -0.1) is 11.3 Å². The van der Waals surface area contributed by atoms with Gasteiger partial charge in [0, 0.05) is 54.7 Å². The zero-order valence-corrected chi connectivity index (χ0v) is 18.9. The van der Waals surface area contributed by atoms with Gasteiger partial charge in [0.05, 0.1) is 31.0 Å². The molecule has 32 heavy (non-hydrogen) atoms. The van der Waals surface area contributed by atoms with Gasteiger partial charge in [-0.3, -0.25) is 14.9 Å². The van der Waals surface area contributed by atoms with Crippen LogP contribution < -0.4 is 9.47 Å². The SMILES string of the molecule is COc1c([N+](=O)[O-])cc(F)c2c1-c1csc(C(=O)N3CCN(S(C)(=O)=O)CC3)c1OCC2. The van der Waals surface area contributed by atoms with Gasteiger partial charge in [-0.25, -0.2) is 12.8 Å².